The molecule has 0 aromatic heterocycles. The number of allylic oxidation sites excluding steroid dienone is 2. The Balaban J connectivity index is 0.00000199. The molecule has 0 saturated carbocycles. The van der Waals surface area contributed by atoms with Crippen LogP contribution in [0.5, 0.6) is 0 Å². The molecular formula is C42H75NO15Zn. The molecule has 3 heterocycles. The van der Waals surface area contributed by atoms with Crippen LogP contribution in [0.1, 0.15) is 109 Å². The maximum atomic E-state index is 14.1. The van der Waals surface area contributed by atoms with Crippen molar-refractivity contribution in [3.8, 4) is 0 Å². The van der Waals surface area contributed by atoms with Crippen molar-refractivity contribution in [2.75, 3.05) is 21.2 Å². The van der Waals surface area contributed by atoms with E-state index >= 15 is 0 Å². The van der Waals surface area contributed by atoms with Crippen molar-refractivity contribution in [2.24, 2.45) is 23.7 Å². The Hall–Kier alpha value is -1.47. The summed E-state index contributed by atoms with van der Waals surface area (Å²) in [6.07, 6.45) is -8.54. The summed E-state index contributed by atoms with van der Waals surface area (Å²) in [4.78, 5) is 39.8. The molecule has 17 heteroatoms. The third kappa shape index (κ3) is 14.0. The van der Waals surface area contributed by atoms with Crippen LogP contribution in [-0.4, -0.2) is 159 Å². The predicted octanol–water partition coefficient (Wildman–Crippen LogP) is 2.82. The van der Waals surface area contributed by atoms with Crippen LogP contribution in [0.25, 0.3) is 0 Å². The van der Waals surface area contributed by atoms with Gasteiger partial charge in [0.2, 0.25) is 0 Å². The molecule has 3 aliphatic rings. The largest absolute Gasteiger partial charge is 0.512 e. The van der Waals surface area contributed by atoms with Gasteiger partial charge in [-0.15, -0.1) is 0 Å². The third-order valence-electron chi connectivity index (χ3n) is 12.2. The van der Waals surface area contributed by atoms with Crippen LogP contribution in [0.3, 0.4) is 0 Å². The second-order valence-electron chi connectivity index (χ2n) is 17.9. The van der Waals surface area contributed by atoms with E-state index in [2.05, 4.69) is 0 Å². The minimum atomic E-state index is -1.99. The van der Waals surface area contributed by atoms with Crippen LogP contribution < -0.4 is 0 Å². The number of cyclic esters (lactones) is 1. The van der Waals surface area contributed by atoms with Gasteiger partial charge in [-0.2, -0.15) is 0 Å². The fourth-order valence-electron chi connectivity index (χ4n) is 8.70. The van der Waals surface area contributed by atoms with E-state index in [-0.39, 0.29) is 62.4 Å². The third-order valence-corrected chi connectivity index (χ3v) is 12.2. The molecule has 0 aromatic rings. The van der Waals surface area contributed by atoms with Crippen LogP contribution in [0.15, 0.2) is 11.8 Å². The zero-order valence-electron chi connectivity index (χ0n) is 38.1. The van der Waals surface area contributed by atoms with E-state index in [9.17, 15) is 39.9 Å². The molecule has 18 atom stereocenters. The molecule has 3 fully saturated rings. The number of esters is 1. The van der Waals surface area contributed by atoms with E-state index in [0.717, 1.165) is 0 Å². The van der Waals surface area contributed by atoms with Crippen LogP contribution in [0.2, 0.25) is 0 Å². The smallest absolute Gasteiger partial charge is 0.311 e. The van der Waals surface area contributed by atoms with Crippen LogP contribution in [0, 0.1) is 23.7 Å². The minimum absolute atomic E-state index is 0. The summed E-state index contributed by atoms with van der Waals surface area (Å²) in [6.45, 7) is 19.2. The number of aliphatic hydroxyl groups excluding tert-OH is 4. The first-order chi connectivity index (χ1) is 26.6. The Labute approximate surface area is 364 Å². The Morgan fingerprint density at radius 1 is 0.915 bits per heavy atom. The number of rotatable bonds is 8. The minimum Gasteiger partial charge on any atom is -0.512 e. The summed E-state index contributed by atoms with van der Waals surface area (Å²) in [5, 5.41) is 66.0. The van der Waals surface area contributed by atoms with E-state index in [1.54, 1.807) is 41.5 Å². The first-order valence-corrected chi connectivity index (χ1v) is 20.5. The van der Waals surface area contributed by atoms with Gasteiger partial charge in [0.1, 0.15) is 29.7 Å². The molecule has 3 saturated heterocycles. The van der Waals surface area contributed by atoms with Gasteiger partial charge in [-0.05, 0) is 88.7 Å². The van der Waals surface area contributed by atoms with Crippen molar-refractivity contribution in [1.82, 2.24) is 4.90 Å². The van der Waals surface area contributed by atoms with E-state index in [1.807, 2.05) is 25.9 Å². The molecule has 0 radical (unpaired) electrons. The van der Waals surface area contributed by atoms with Crippen LogP contribution >= 0.6 is 0 Å². The number of carbonyl (C=O) groups is 3. The number of ketones is 2. The van der Waals surface area contributed by atoms with Gasteiger partial charge in [-0.3, -0.25) is 14.4 Å². The number of likely N-dealkylation sites (N-methyl/N-ethyl adjacent to an activating group) is 1. The van der Waals surface area contributed by atoms with Crippen molar-refractivity contribution in [3.05, 3.63) is 11.8 Å². The standard InChI is InChI=1S/C37H67NO13.C5H8O2.Zn/c1-14-25-37(10,45)30(41)20(4)27(39)18(2)16-35(8,44)32(51-34-28(40)24(38(11)12)15-19(3)47-34)21(5)29(22(6)33(43)49-25)50-26-17-36(9,46-13)31(42)23(7)48-26;1-4(6)3-5(2)7;/h18-26,28-32,34,40-42,44-45H,14-17H2,1-13H3;3,6H,1-2H3;/b;4-3-;/t18-,19-,20+,21+,22-,23+,24+,25-,26+,28-,29+,30-,31+,32-,34+,35-,36-,37-;;/m1../s1. The quantitative estimate of drug-likeness (QED) is 0.0891. The number of aliphatic hydroxyl groups is 6. The molecule has 6 N–H and O–H groups in total. The Morgan fingerprint density at radius 3 is 1.97 bits per heavy atom. The molecule has 0 aromatic carbocycles. The van der Waals surface area contributed by atoms with Gasteiger partial charge in [-0.25, -0.2) is 0 Å². The average Bonchev–Trinajstić information content (AvgIpc) is 3.12. The normalized spacial score (nSPS) is 44.4. The Bertz CT molecular complexity index is 1390. The first kappa shape index (κ1) is 55.6. The SMILES string of the molecule is CC(=O)/C=C(/C)O.CC[C@H]1OC(=O)[C@H](C)[C@@H](O[C@H]2C[C@@](C)(OC)[C@@H](O)[C@H](C)O2)[C@H](C)[C@@H](O[C@@H]2O[C@H](C)C[C@H](N(C)C)[C@H]2O)[C@](C)(O)C[C@@H](C)C(=O)[C@H](C)[C@@H](O)[C@]1(C)O.[Zn]. The monoisotopic (exact) mass is 897 g/mol. The summed E-state index contributed by atoms with van der Waals surface area (Å²) in [6, 6.07) is -0.324. The second-order valence-corrected chi connectivity index (χ2v) is 17.9. The van der Waals surface area contributed by atoms with Gasteiger partial charge in [0, 0.05) is 62.9 Å². The van der Waals surface area contributed by atoms with Crippen molar-refractivity contribution in [3.63, 3.8) is 0 Å². The van der Waals surface area contributed by atoms with Gasteiger partial charge in [0.05, 0.1) is 53.4 Å². The van der Waals surface area contributed by atoms with Crippen molar-refractivity contribution in [1.29, 1.82) is 0 Å². The molecule has 0 spiro atoms. The molecule has 0 aliphatic carbocycles. The molecule has 16 nitrogen and oxygen atoms in total. The summed E-state index contributed by atoms with van der Waals surface area (Å²) >= 11 is 0. The molecule has 340 valence electrons. The fraction of sp³-hybridized carbons (Fsp3) is 0.881. The van der Waals surface area contributed by atoms with Crippen molar-refractivity contribution in [2.45, 2.75) is 193 Å². The topological polar surface area (TPSA) is 231 Å². The van der Waals surface area contributed by atoms with Gasteiger partial charge in [0.25, 0.3) is 0 Å². The van der Waals surface area contributed by atoms with E-state index in [0.29, 0.717) is 6.42 Å². The molecule has 59 heavy (non-hydrogen) atoms. The number of ether oxygens (including phenoxy) is 6. The second kappa shape index (κ2) is 22.8. The molecule has 0 unspecified atom stereocenters. The molecule has 0 bridgehead atoms. The number of hydrogen-bond donors (Lipinski definition) is 6. The van der Waals surface area contributed by atoms with Gasteiger partial charge in [0.15, 0.2) is 18.4 Å². The van der Waals surface area contributed by atoms with Gasteiger partial charge in [-0.1, -0.05) is 27.7 Å². The van der Waals surface area contributed by atoms with Gasteiger partial charge >= 0.3 is 5.97 Å². The Kier molecular flexibility index (Phi) is 21.4. The maximum absolute atomic E-state index is 14.1. The number of methoxy groups -OCH3 is 1. The van der Waals surface area contributed by atoms with E-state index < -0.39 is 108 Å². The zero-order valence-corrected chi connectivity index (χ0v) is 41.0. The number of nitrogens with zero attached hydrogens (tertiary/aromatic N) is 1. The number of Topliss-reactive ketones (excluding diaryl/α,β-unsaturated/α-hetero) is 1. The molecule has 3 rings (SSSR count). The number of hydrogen-bond acceptors (Lipinski definition) is 16. The summed E-state index contributed by atoms with van der Waals surface area (Å²) in [5.74, 6) is -5.04. The van der Waals surface area contributed by atoms with E-state index in [4.69, 9.17) is 33.5 Å². The fourth-order valence-corrected chi connectivity index (χ4v) is 8.70. The molecule has 0 amide bonds. The van der Waals surface area contributed by atoms with Crippen LogP contribution in [0.4, 0.5) is 0 Å². The number of carbonyl (C=O) groups excluding carboxylic acids is 3. The predicted molar refractivity (Wildman–Crippen MR) is 213 cm³/mol. The van der Waals surface area contributed by atoms with Crippen molar-refractivity contribution >= 4 is 17.5 Å². The van der Waals surface area contributed by atoms with E-state index in [1.165, 1.54) is 47.8 Å². The first-order valence-electron chi connectivity index (χ1n) is 20.5. The van der Waals surface area contributed by atoms with Crippen LogP contribution in [-0.2, 0) is 62.3 Å². The summed E-state index contributed by atoms with van der Waals surface area (Å²) < 4.78 is 37.1. The molecule has 3 aliphatic heterocycles. The zero-order chi connectivity index (χ0) is 44.8. The Morgan fingerprint density at radius 2 is 1.49 bits per heavy atom. The summed E-state index contributed by atoms with van der Waals surface area (Å²) in [5.41, 5.74) is -4.84. The maximum Gasteiger partial charge on any atom is 0.311 e. The van der Waals surface area contributed by atoms with Gasteiger partial charge < -0.3 is 64.0 Å². The van der Waals surface area contributed by atoms with Crippen molar-refractivity contribution < 1.29 is 92.9 Å². The summed E-state index contributed by atoms with van der Waals surface area (Å²) in [7, 11) is 5.18. The average molecular weight is 899 g/mol. The molecular weight excluding hydrogens is 824 g/mol.